The molecule has 0 aromatic carbocycles. The Labute approximate surface area is 98.9 Å². The zero-order valence-corrected chi connectivity index (χ0v) is 9.47. The van der Waals surface area contributed by atoms with Crippen LogP contribution in [0.5, 0.6) is 0 Å². The van der Waals surface area contributed by atoms with Crippen molar-refractivity contribution in [1.82, 2.24) is 14.6 Å². The smallest absolute Gasteiger partial charge is 0.211 e. The third-order valence-corrected chi connectivity index (χ3v) is 3.41. The average molecular weight is 230 g/mol. The molecular weight excluding hydrogens is 216 g/mol. The van der Waals surface area contributed by atoms with E-state index < -0.39 is 0 Å². The van der Waals surface area contributed by atoms with E-state index >= 15 is 0 Å². The van der Waals surface area contributed by atoms with Crippen molar-refractivity contribution in [2.75, 3.05) is 5.32 Å². The van der Waals surface area contributed by atoms with Crippen molar-refractivity contribution < 1.29 is 4.79 Å². The molecule has 2 aromatic rings. The number of carbonyl (C=O) groups excluding carboxylic acids is 1. The number of carbonyl (C=O) groups is 1. The third kappa shape index (κ3) is 1.67. The van der Waals surface area contributed by atoms with Gasteiger partial charge in [0.2, 0.25) is 6.41 Å². The van der Waals surface area contributed by atoms with Gasteiger partial charge in [-0.15, -0.1) is 0 Å². The predicted octanol–water partition coefficient (Wildman–Crippen LogP) is 1.96. The van der Waals surface area contributed by atoms with Crippen molar-refractivity contribution in [3.05, 3.63) is 24.2 Å². The van der Waals surface area contributed by atoms with Crippen LogP contribution in [0.15, 0.2) is 18.5 Å². The molecule has 1 aliphatic rings. The molecule has 0 bridgehead atoms. The molecule has 5 nitrogen and oxygen atoms in total. The van der Waals surface area contributed by atoms with E-state index in [1.54, 1.807) is 12.4 Å². The van der Waals surface area contributed by atoms with Gasteiger partial charge in [0.15, 0.2) is 5.65 Å². The average Bonchev–Trinajstić information content (AvgIpc) is 2.99. The van der Waals surface area contributed by atoms with Gasteiger partial charge in [0, 0.05) is 12.0 Å². The normalized spacial score (nSPS) is 16.5. The van der Waals surface area contributed by atoms with Crippen LogP contribution in [0, 0.1) is 0 Å². The molecule has 0 radical (unpaired) electrons. The summed E-state index contributed by atoms with van der Waals surface area (Å²) in [6.45, 7) is 0. The minimum absolute atomic E-state index is 0.475. The van der Waals surface area contributed by atoms with E-state index in [2.05, 4.69) is 15.4 Å². The number of rotatable bonds is 3. The summed E-state index contributed by atoms with van der Waals surface area (Å²) in [5.41, 5.74) is 2.70. The quantitative estimate of drug-likeness (QED) is 0.820. The fourth-order valence-electron chi connectivity index (χ4n) is 2.66. The van der Waals surface area contributed by atoms with Gasteiger partial charge in [-0.3, -0.25) is 4.79 Å². The number of aromatic nitrogens is 3. The Hall–Kier alpha value is -1.91. The number of hydrogen-bond donors (Lipinski definition) is 1. The minimum Gasteiger partial charge on any atom is -0.326 e. The lowest BCUT2D eigenvalue weighted by molar-refractivity contribution is -0.105. The summed E-state index contributed by atoms with van der Waals surface area (Å²) < 4.78 is 1.85. The predicted molar refractivity (Wildman–Crippen MR) is 63.9 cm³/mol. The van der Waals surface area contributed by atoms with E-state index in [-0.39, 0.29) is 0 Å². The number of amides is 1. The van der Waals surface area contributed by atoms with Gasteiger partial charge >= 0.3 is 0 Å². The molecule has 1 aliphatic carbocycles. The van der Waals surface area contributed by atoms with E-state index in [9.17, 15) is 4.79 Å². The van der Waals surface area contributed by atoms with Gasteiger partial charge in [-0.05, 0) is 12.8 Å². The zero-order chi connectivity index (χ0) is 11.7. The van der Waals surface area contributed by atoms with Crippen molar-refractivity contribution in [2.45, 2.75) is 31.6 Å². The highest BCUT2D eigenvalue weighted by atomic mass is 16.1. The second-order valence-corrected chi connectivity index (χ2v) is 4.40. The SMILES string of the molecule is O=CNc1cnc2ccnn2c1C1CCCC1. The van der Waals surface area contributed by atoms with E-state index in [0.717, 1.165) is 29.9 Å². The molecular formula is C12H14N4O. The summed E-state index contributed by atoms with van der Waals surface area (Å²) >= 11 is 0. The van der Waals surface area contributed by atoms with E-state index in [0.29, 0.717) is 12.3 Å². The lowest BCUT2D eigenvalue weighted by Gasteiger charge is -2.15. The molecule has 1 saturated carbocycles. The van der Waals surface area contributed by atoms with Gasteiger partial charge in [0.25, 0.3) is 0 Å². The highest BCUT2D eigenvalue weighted by molar-refractivity contribution is 5.73. The third-order valence-electron chi connectivity index (χ3n) is 3.41. The Balaban J connectivity index is 2.17. The van der Waals surface area contributed by atoms with Gasteiger partial charge in [-0.1, -0.05) is 12.8 Å². The van der Waals surface area contributed by atoms with Gasteiger partial charge in [-0.2, -0.15) is 5.10 Å². The molecule has 0 spiro atoms. The molecule has 88 valence electrons. The maximum atomic E-state index is 10.6. The fraction of sp³-hybridized carbons (Fsp3) is 0.417. The van der Waals surface area contributed by atoms with Gasteiger partial charge in [0.05, 0.1) is 23.8 Å². The second kappa shape index (κ2) is 4.16. The summed E-state index contributed by atoms with van der Waals surface area (Å²) in [7, 11) is 0. The number of nitrogens with zero attached hydrogens (tertiary/aromatic N) is 3. The van der Waals surface area contributed by atoms with Gasteiger partial charge in [-0.25, -0.2) is 9.50 Å². The maximum Gasteiger partial charge on any atom is 0.211 e. The Morgan fingerprint density at radius 2 is 2.24 bits per heavy atom. The molecule has 0 aliphatic heterocycles. The summed E-state index contributed by atoms with van der Waals surface area (Å²) in [6, 6.07) is 1.88. The van der Waals surface area contributed by atoms with Crippen molar-refractivity contribution in [3.63, 3.8) is 0 Å². The maximum absolute atomic E-state index is 10.6. The Morgan fingerprint density at radius 3 is 3.00 bits per heavy atom. The van der Waals surface area contributed by atoms with Crippen LogP contribution in [0.2, 0.25) is 0 Å². The van der Waals surface area contributed by atoms with Crippen molar-refractivity contribution in [3.8, 4) is 0 Å². The molecule has 0 atom stereocenters. The lowest BCUT2D eigenvalue weighted by atomic mass is 10.0. The molecule has 1 N–H and O–H groups in total. The summed E-state index contributed by atoms with van der Waals surface area (Å²) in [4.78, 5) is 14.9. The Bertz CT molecular complexity index is 542. The number of fused-ring (bicyclic) bond motifs is 1. The lowest BCUT2D eigenvalue weighted by Crippen LogP contribution is -2.10. The number of hydrogen-bond acceptors (Lipinski definition) is 3. The summed E-state index contributed by atoms with van der Waals surface area (Å²) in [5.74, 6) is 0.475. The molecule has 3 rings (SSSR count). The largest absolute Gasteiger partial charge is 0.326 e. The van der Waals surface area contributed by atoms with Gasteiger partial charge in [0.1, 0.15) is 0 Å². The highest BCUT2D eigenvalue weighted by Crippen LogP contribution is 2.37. The highest BCUT2D eigenvalue weighted by Gasteiger charge is 2.23. The van der Waals surface area contributed by atoms with Crippen LogP contribution in [-0.2, 0) is 4.79 Å². The molecule has 1 amide bonds. The van der Waals surface area contributed by atoms with Crippen LogP contribution >= 0.6 is 0 Å². The van der Waals surface area contributed by atoms with E-state index in [1.807, 2.05) is 10.6 Å². The van der Waals surface area contributed by atoms with Crippen LogP contribution in [0.3, 0.4) is 0 Å². The van der Waals surface area contributed by atoms with Crippen molar-refractivity contribution in [2.24, 2.45) is 0 Å². The zero-order valence-electron chi connectivity index (χ0n) is 9.47. The summed E-state index contributed by atoms with van der Waals surface area (Å²) in [5, 5.41) is 7.04. The Kier molecular flexibility index (Phi) is 2.51. The van der Waals surface area contributed by atoms with E-state index in [1.165, 1.54) is 12.8 Å². The van der Waals surface area contributed by atoms with Crippen LogP contribution < -0.4 is 5.32 Å². The standard InChI is InChI=1S/C12H14N4O/c17-8-14-10-7-13-11-5-6-15-16(11)12(10)9-3-1-2-4-9/h5-9H,1-4H2,(H,14,17). The molecule has 0 unspecified atom stereocenters. The van der Waals surface area contributed by atoms with Gasteiger partial charge < -0.3 is 5.32 Å². The topological polar surface area (TPSA) is 59.3 Å². The fourth-order valence-corrected chi connectivity index (χ4v) is 2.66. The first kappa shape index (κ1) is 10.3. The van der Waals surface area contributed by atoms with Crippen LogP contribution in [0.1, 0.15) is 37.3 Å². The summed E-state index contributed by atoms with van der Waals surface area (Å²) in [6.07, 6.45) is 8.97. The first-order chi connectivity index (χ1) is 8.40. The number of anilines is 1. The van der Waals surface area contributed by atoms with E-state index in [4.69, 9.17) is 0 Å². The second-order valence-electron chi connectivity index (χ2n) is 4.40. The van der Waals surface area contributed by atoms with Crippen molar-refractivity contribution >= 4 is 17.7 Å². The molecule has 5 heteroatoms. The van der Waals surface area contributed by atoms with Crippen LogP contribution in [-0.4, -0.2) is 21.0 Å². The van der Waals surface area contributed by atoms with Crippen LogP contribution in [0.4, 0.5) is 5.69 Å². The molecule has 0 saturated heterocycles. The number of nitrogens with one attached hydrogen (secondary N) is 1. The Morgan fingerprint density at radius 1 is 1.41 bits per heavy atom. The molecule has 1 fully saturated rings. The first-order valence-corrected chi connectivity index (χ1v) is 5.93. The molecule has 2 aromatic heterocycles. The first-order valence-electron chi connectivity index (χ1n) is 5.93. The van der Waals surface area contributed by atoms with Crippen molar-refractivity contribution in [1.29, 1.82) is 0 Å². The monoisotopic (exact) mass is 230 g/mol. The molecule has 17 heavy (non-hydrogen) atoms. The van der Waals surface area contributed by atoms with Crippen LogP contribution in [0.25, 0.3) is 5.65 Å². The molecule has 2 heterocycles. The minimum atomic E-state index is 0.475.